The Bertz CT molecular complexity index is 2100. The topological polar surface area (TPSA) is 12.5 Å². The third-order valence-electron chi connectivity index (χ3n) is 11.6. The van der Waals surface area contributed by atoms with Crippen LogP contribution in [0.2, 0.25) is 0 Å². The Balaban J connectivity index is 1.25. The normalized spacial score (nSPS) is 22.0. The highest BCUT2D eigenvalue weighted by atomic mass is 16.5. The van der Waals surface area contributed by atoms with Gasteiger partial charge in [-0.3, -0.25) is 0 Å². The van der Waals surface area contributed by atoms with Gasteiger partial charge in [0.05, 0.1) is 5.69 Å². The third kappa shape index (κ3) is 4.93. The van der Waals surface area contributed by atoms with Crippen molar-refractivity contribution in [1.82, 2.24) is 0 Å². The Morgan fingerprint density at radius 2 is 1.16 bits per heavy atom. The number of ether oxygens (including phenoxy) is 1. The maximum absolute atomic E-state index is 6.79. The molecule has 0 aromatic heterocycles. The van der Waals surface area contributed by atoms with Gasteiger partial charge in [-0.25, -0.2) is 0 Å². The molecule has 4 atom stereocenters. The fraction of sp³-hybridized carbons (Fsp3) is 0.191. The molecule has 2 fully saturated rings. The van der Waals surface area contributed by atoms with E-state index in [0.717, 1.165) is 28.6 Å². The zero-order valence-corrected chi connectivity index (χ0v) is 27.8. The molecule has 0 amide bonds. The number of hydrogen-bond acceptors (Lipinski definition) is 2. The minimum Gasteiger partial charge on any atom is -0.457 e. The first-order chi connectivity index (χ1) is 24.2. The molecule has 1 aliphatic heterocycles. The molecule has 240 valence electrons. The van der Waals surface area contributed by atoms with Gasteiger partial charge in [0.15, 0.2) is 0 Å². The van der Waals surface area contributed by atoms with E-state index in [0.29, 0.717) is 17.8 Å². The Kier molecular flexibility index (Phi) is 7.46. The van der Waals surface area contributed by atoms with Crippen molar-refractivity contribution in [2.75, 3.05) is 4.90 Å². The first kappa shape index (κ1) is 29.8. The van der Waals surface area contributed by atoms with E-state index < -0.39 is 0 Å². The molecule has 6 aromatic rings. The molecule has 6 aromatic carbocycles. The van der Waals surface area contributed by atoms with Crippen molar-refractivity contribution in [2.45, 2.75) is 37.5 Å². The second kappa shape index (κ2) is 12.3. The van der Waals surface area contributed by atoms with E-state index in [2.05, 4.69) is 169 Å². The summed E-state index contributed by atoms with van der Waals surface area (Å²) < 4.78 is 6.79. The highest BCUT2D eigenvalue weighted by Gasteiger charge is 2.57. The summed E-state index contributed by atoms with van der Waals surface area (Å²) in [6.07, 6.45) is 8.35. The molecule has 2 saturated carbocycles. The van der Waals surface area contributed by atoms with Crippen LogP contribution in [0.4, 0.5) is 17.1 Å². The van der Waals surface area contributed by atoms with Crippen LogP contribution in [-0.4, -0.2) is 0 Å². The van der Waals surface area contributed by atoms with E-state index in [1.165, 1.54) is 65.5 Å². The van der Waals surface area contributed by atoms with Crippen LogP contribution in [0.1, 0.15) is 43.2 Å². The molecule has 2 nitrogen and oxygen atoms in total. The highest BCUT2D eigenvalue weighted by molar-refractivity contribution is 5.89. The molecule has 0 N–H and O–H groups in total. The van der Waals surface area contributed by atoms with Crippen molar-refractivity contribution < 1.29 is 4.74 Å². The van der Waals surface area contributed by atoms with Gasteiger partial charge < -0.3 is 9.64 Å². The van der Waals surface area contributed by atoms with Crippen LogP contribution in [0.5, 0.6) is 11.5 Å². The number of para-hydroxylation sites is 2. The predicted molar refractivity (Wildman–Crippen MR) is 203 cm³/mol. The Hall–Kier alpha value is -5.34. The van der Waals surface area contributed by atoms with Gasteiger partial charge in [0.2, 0.25) is 0 Å². The lowest BCUT2D eigenvalue weighted by Gasteiger charge is -2.57. The van der Waals surface area contributed by atoms with Crippen molar-refractivity contribution in [3.8, 4) is 33.8 Å². The van der Waals surface area contributed by atoms with Gasteiger partial charge in [0, 0.05) is 33.5 Å². The molecule has 1 heterocycles. The fourth-order valence-corrected chi connectivity index (χ4v) is 9.53. The molecule has 0 saturated heterocycles. The first-order valence-corrected chi connectivity index (χ1v) is 17.9. The van der Waals surface area contributed by atoms with Crippen LogP contribution >= 0.6 is 0 Å². The number of fused-ring (bicyclic) bond motifs is 2. The summed E-state index contributed by atoms with van der Waals surface area (Å²) in [7, 11) is 0. The van der Waals surface area contributed by atoms with Crippen LogP contribution in [-0.2, 0) is 5.41 Å². The Morgan fingerprint density at radius 1 is 0.571 bits per heavy atom. The van der Waals surface area contributed by atoms with Crippen molar-refractivity contribution in [3.05, 3.63) is 175 Å². The molecule has 3 aliphatic rings. The molecule has 2 heteroatoms. The highest BCUT2D eigenvalue weighted by Crippen LogP contribution is 2.65. The van der Waals surface area contributed by atoms with Gasteiger partial charge in [0.25, 0.3) is 0 Å². The molecule has 2 unspecified atom stereocenters. The molecule has 49 heavy (non-hydrogen) atoms. The smallest absolute Gasteiger partial charge is 0.131 e. The lowest BCUT2D eigenvalue weighted by Crippen LogP contribution is -2.52. The molecule has 9 rings (SSSR count). The lowest BCUT2D eigenvalue weighted by atomic mass is 9.47. The second-order valence-corrected chi connectivity index (χ2v) is 14.1. The van der Waals surface area contributed by atoms with E-state index in [-0.39, 0.29) is 5.41 Å². The van der Waals surface area contributed by atoms with Gasteiger partial charge >= 0.3 is 0 Å². The number of rotatable bonds is 6. The van der Waals surface area contributed by atoms with Crippen LogP contribution in [0.25, 0.3) is 22.3 Å². The Morgan fingerprint density at radius 3 is 1.90 bits per heavy atom. The summed E-state index contributed by atoms with van der Waals surface area (Å²) in [6.45, 7) is 4.27. The second-order valence-electron chi connectivity index (χ2n) is 14.1. The number of anilines is 3. The minimum absolute atomic E-state index is 0.0836. The minimum atomic E-state index is -0.0836. The largest absolute Gasteiger partial charge is 0.457 e. The van der Waals surface area contributed by atoms with Crippen LogP contribution in [0.15, 0.2) is 164 Å². The van der Waals surface area contributed by atoms with Gasteiger partial charge in [-0.05, 0) is 103 Å². The molecule has 0 radical (unpaired) electrons. The zero-order valence-electron chi connectivity index (χ0n) is 27.8. The number of nitrogens with zero attached hydrogens (tertiary/aromatic N) is 1. The van der Waals surface area contributed by atoms with E-state index in [9.17, 15) is 0 Å². The summed E-state index contributed by atoms with van der Waals surface area (Å²) >= 11 is 0. The van der Waals surface area contributed by atoms with Gasteiger partial charge in [0.1, 0.15) is 11.5 Å². The average molecular weight is 636 g/mol. The van der Waals surface area contributed by atoms with Crippen molar-refractivity contribution >= 4 is 17.1 Å². The Labute approximate surface area is 290 Å². The predicted octanol–water partition coefficient (Wildman–Crippen LogP) is 12.9. The molecule has 1 spiro atoms. The maximum Gasteiger partial charge on any atom is 0.131 e. The standard InChI is InChI=1S/C47H41NO/c1-2-33-30-37-18-13-19-38(31-33)47(37)42-21-10-12-23-45(42)49-46-29-28-40(32-43(46)47)48(39-26-24-35(25-27-39)34-14-5-3-6-15-34)44-22-11-9-20-41(44)36-16-7-4-8-17-36/h2-12,14-17,20-29,32-33,37-38H,1,13,18-19,30-31H2/t33?,37-,38+,47?. The van der Waals surface area contributed by atoms with Crippen LogP contribution in [0.3, 0.4) is 0 Å². The van der Waals surface area contributed by atoms with Gasteiger partial charge in [-0.2, -0.15) is 0 Å². The fourth-order valence-electron chi connectivity index (χ4n) is 9.53. The number of allylic oxidation sites excluding steroid dienone is 1. The SMILES string of the molecule is C=CC1C[C@H]2CCC[C@@H](C1)C21c2ccccc2Oc2ccc(N(c3ccc(-c4ccccc4)cc3)c3ccccc3-c3ccccc3)cc21. The maximum atomic E-state index is 6.79. The number of benzene rings is 6. The van der Waals surface area contributed by atoms with Crippen molar-refractivity contribution in [2.24, 2.45) is 17.8 Å². The summed E-state index contributed by atoms with van der Waals surface area (Å²) in [5.74, 6) is 3.68. The zero-order chi connectivity index (χ0) is 32.8. The number of hydrogen-bond donors (Lipinski definition) is 0. The lowest BCUT2D eigenvalue weighted by molar-refractivity contribution is 0.0546. The molecular weight excluding hydrogens is 595 g/mol. The molecule has 2 aliphatic carbocycles. The molecule has 2 bridgehead atoms. The third-order valence-corrected chi connectivity index (χ3v) is 11.6. The summed E-state index contributed by atoms with van der Waals surface area (Å²) in [5.41, 5.74) is 10.9. The average Bonchev–Trinajstić information content (AvgIpc) is 3.16. The van der Waals surface area contributed by atoms with E-state index in [4.69, 9.17) is 4.74 Å². The van der Waals surface area contributed by atoms with E-state index in [1.54, 1.807) is 0 Å². The summed E-state index contributed by atoms with van der Waals surface area (Å²) in [5, 5.41) is 0. The summed E-state index contributed by atoms with van der Waals surface area (Å²) in [6, 6.07) is 55.1. The van der Waals surface area contributed by atoms with Crippen LogP contribution < -0.4 is 9.64 Å². The van der Waals surface area contributed by atoms with Gasteiger partial charge in [-0.15, -0.1) is 6.58 Å². The van der Waals surface area contributed by atoms with E-state index in [1.807, 2.05) is 0 Å². The van der Waals surface area contributed by atoms with Crippen molar-refractivity contribution in [3.63, 3.8) is 0 Å². The molecular formula is C47H41NO. The van der Waals surface area contributed by atoms with Crippen LogP contribution in [0, 0.1) is 17.8 Å². The van der Waals surface area contributed by atoms with E-state index >= 15 is 0 Å². The van der Waals surface area contributed by atoms with Crippen molar-refractivity contribution in [1.29, 1.82) is 0 Å². The first-order valence-electron chi connectivity index (χ1n) is 17.9. The van der Waals surface area contributed by atoms with Gasteiger partial charge in [-0.1, -0.05) is 122 Å². The summed E-state index contributed by atoms with van der Waals surface area (Å²) in [4.78, 5) is 2.46. The quantitative estimate of drug-likeness (QED) is 0.169. The monoisotopic (exact) mass is 635 g/mol.